The minimum Gasteiger partial charge on any atom is -0.382 e. The Morgan fingerprint density at radius 3 is 2.69 bits per heavy atom. The minimum atomic E-state index is -2.69. The molecule has 7 nitrogen and oxygen atoms in total. The van der Waals surface area contributed by atoms with Crippen LogP contribution < -0.4 is 5.73 Å². The molecule has 39 heavy (non-hydrogen) atoms. The van der Waals surface area contributed by atoms with E-state index in [0.717, 1.165) is 19.3 Å². The maximum atomic E-state index is 15.7. The third kappa shape index (κ3) is 4.23. The lowest BCUT2D eigenvalue weighted by Crippen LogP contribution is -2.41. The van der Waals surface area contributed by atoms with E-state index >= 15 is 4.39 Å². The van der Waals surface area contributed by atoms with E-state index in [1.165, 1.54) is 43.3 Å². The Morgan fingerprint density at radius 1 is 1.13 bits per heavy atom. The van der Waals surface area contributed by atoms with Crippen molar-refractivity contribution < 1.29 is 23.1 Å². The first kappa shape index (κ1) is 25.4. The second-order valence-corrected chi connectivity index (χ2v) is 10.6. The molecule has 0 saturated carbocycles. The Labute approximate surface area is 223 Å². The zero-order chi connectivity index (χ0) is 27.5. The number of fused-ring (bicyclic) bond motifs is 2. The molecule has 4 heterocycles. The largest absolute Gasteiger partial charge is 0.382 e. The van der Waals surface area contributed by atoms with E-state index in [9.17, 15) is 18.7 Å². The average molecular weight is 536 g/mol. The number of imidazole rings is 1. The van der Waals surface area contributed by atoms with Crippen LogP contribution in [0, 0.1) is 5.82 Å². The van der Waals surface area contributed by atoms with Crippen LogP contribution in [0.15, 0.2) is 54.9 Å². The maximum absolute atomic E-state index is 15.7. The Hall–Kier alpha value is -3.92. The summed E-state index contributed by atoms with van der Waals surface area (Å²) in [4.78, 5) is 23.4. The van der Waals surface area contributed by atoms with Crippen LogP contribution in [0.3, 0.4) is 0 Å². The first-order valence-electron chi connectivity index (χ1n) is 13.0. The van der Waals surface area contributed by atoms with E-state index in [-0.39, 0.29) is 45.9 Å². The van der Waals surface area contributed by atoms with Crippen molar-refractivity contribution in [2.24, 2.45) is 0 Å². The molecule has 1 unspecified atom stereocenters. The molecule has 10 heteroatoms. The summed E-state index contributed by atoms with van der Waals surface area (Å²) in [5.41, 5.74) is 5.68. The monoisotopic (exact) mass is 535 g/mol. The number of hydrogen-bond donors (Lipinski definition) is 2. The summed E-state index contributed by atoms with van der Waals surface area (Å²) >= 11 is 0. The van der Waals surface area contributed by atoms with Crippen LogP contribution in [0.4, 0.5) is 19.0 Å². The van der Waals surface area contributed by atoms with Gasteiger partial charge in [0.25, 0.3) is 6.43 Å². The van der Waals surface area contributed by atoms with E-state index in [1.54, 1.807) is 18.5 Å². The molecule has 4 aromatic rings. The molecule has 2 saturated heterocycles. The summed E-state index contributed by atoms with van der Waals surface area (Å²) < 4.78 is 44.0. The number of aromatic nitrogens is 3. The molecule has 2 fully saturated rings. The molecule has 1 amide bonds. The van der Waals surface area contributed by atoms with Crippen LogP contribution in [-0.2, 0) is 10.4 Å². The summed E-state index contributed by atoms with van der Waals surface area (Å²) in [6, 6.07) is 9.99. The summed E-state index contributed by atoms with van der Waals surface area (Å²) in [6.45, 7) is 1.99. The van der Waals surface area contributed by atoms with Crippen LogP contribution in [-0.4, -0.2) is 42.9 Å². The lowest BCUT2D eigenvalue weighted by Gasteiger charge is -2.34. The first-order valence-corrected chi connectivity index (χ1v) is 13.0. The van der Waals surface area contributed by atoms with Crippen LogP contribution in [0.25, 0.3) is 16.8 Å². The van der Waals surface area contributed by atoms with Gasteiger partial charge in [0.1, 0.15) is 34.3 Å². The zero-order valence-corrected chi connectivity index (χ0v) is 21.3. The van der Waals surface area contributed by atoms with Gasteiger partial charge in [0, 0.05) is 48.4 Å². The van der Waals surface area contributed by atoms with Gasteiger partial charge in [0.2, 0.25) is 5.91 Å². The molecule has 202 valence electrons. The quantitative estimate of drug-likeness (QED) is 0.367. The molecule has 0 radical (unpaired) electrons. The number of aliphatic hydroxyl groups is 1. The van der Waals surface area contributed by atoms with Gasteiger partial charge in [-0.15, -0.1) is 0 Å². The summed E-state index contributed by atoms with van der Waals surface area (Å²) in [6.07, 6.45) is 3.78. The van der Waals surface area contributed by atoms with Gasteiger partial charge in [-0.05, 0) is 55.5 Å². The number of piperidine rings is 1. The summed E-state index contributed by atoms with van der Waals surface area (Å²) in [5.74, 6) is 0.338. The van der Waals surface area contributed by atoms with Crippen molar-refractivity contribution in [3.8, 4) is 11.3 Å². The fraction of sp³-hybridized carbons (Fsp3) is 0.345. The number of carbonyl (C=O) groups excluding carboxylic acids is 1. The first-order chi connectivity index (χ1) is 18.6. The van der Waals surface area contributed by atoms with Crippen LogP contribution in [0.2, 0.25) is 0 Å². The molecule has 6 rings (SSSR count). The standard InChI is InChI=1S/C29H28F3N5O2/c1-29(39,18-4-2-3-16(13-18)26(31)32)19-6-9-21(22(30)14-19)24-25-27(33)34-11-12-36(25)28(35-24)17-5-7-20-8-10-23(38)37(20)15-17/h2-4,6,9,11-14,17,20,26,39H,5,7-8,10,15H2,1H3,(H2,33,34)/t17-,20+,29?/m1/s1. The SMILES string of the molecule is CC(O)(c1cccc(C(F)F)c1)c1ccc(-c2nc([C@@H]3CC[C@H]4CCC(=O)N4C3)n3ccnc(N)c23)c(F)c1. The Kier molecular flexibility index (Phi) is 6.10. The highest BCUT2D eigenvalue weighted by Crippen LogP contribution is 2.39. The molecule has 0 aliphatic carbocycles. The number of nitrogens with zero attached hydrogens (tertiary/aromatic N) is 4. The van der Waals surface area contributed by atoms with Gasteiger partial charge in [-0.2, -0.15) is 0 Å². The smallest absolute Gasteiger partial charge is 0.263 e. The average Bonchev–Trinajstić information content (AvgIpc) is 3.50. The van der Waals surface area contributed by atoms with Crippen molar-refractivity contribution in [3.05, 3.63) is 83.2 Å². The number of nitrogens with two attached hydrogens (primary N) is 1. The number of halogens is 3. The molecular formula is C29H28F3N5O2. The highest BCUT2D eigenvalue weighted by atomic mass is 19.3. The van der Waals surface area contributed by atoms with Gasteiger partial charge >= 0.3 is 0 Å². The lowest BCUT2D eigenvalue weighted by atomic mass is 9.86. The molecule has 2 aromatic heterocycles. The van der Waals surface area contributed by atoms with Crippen LogP contribution >= 0.6 is 0 Å². The Bertz CT molecular complexity index is 1580. The number of hydrogen-bond acceptors (Lipinski definition) is 5. The van der Waals surface area contributed by atoms with Gasteiger partial charge in [-0.25, -0.2) is 23.1 Å². The minimum absolute atomic E-state index is 0.0449. The zero-order valence-electron chi connectivity index (χ0n) is 21.3. The third-order valence-electron chi connectivity index (χ3n) is 8.18. The number of benzene rings is 2. The van der Waals surface area contributed by atoms with Crippen molar-refractivity contribution >= 4 is 17.2 Å². The maximum Gasteiger partial charge on any atom is 0.263 e. The van der Waals surface area contributed by atoms with Gasteiger partial charge in [0.15, 0.2) is 0 Å². The molecular weight excluding hydrogens is 507 g/mol. The number of amides is 1. The van der Waals surface area contributed by atoms with Crippen molar-refractivity contribution in [1.29, 1.82) is 0 Å². The molecule has 2 aromatic carbocycles. The predicted molar refractivity (Wildman–Crippen MR) is 140 cm³/mol. The van der Waals surface area contributed by atoms with Crippen molar-refractivity contribution in [2.75, 3.05) is 12.3 Å². The molecule has 0 bridgehead atoms. The summed E-state index contributed by atoms with van der Waals surface area (Å²) in [5, 5.41) is 11.2. The van der Waals surface area contributed by atoms with Gasteiger partial charge in [-0.1, -0.05) is 24.3 Å². The predicted octanol–water partition coefficient (Wildman–Crippen LogP) is 5.18. The van der Waals surface area contributed by atoms with E-state index < -0.39 is 17.8 Å². The molecule has 3 atom stereocenters. The highest BCUT2D eigenvalue weighted by molar-refractivity contribution is 5.86. The molecule has 2 aliphatic heterocycles. The topological polar surface area (TPSA) is 96.8 Å². The lowest BCUT2D eigenvalue weighted by molar-refractivity contribution is -0.130. The van der Waals surface area contributed by atoms with Crippen LogP contribution in [0.1, 0.15) is 67.5 Å². The molecule has 3 N–H and O–H groups in total. The van der Waals surface area contributed by atoms with Gasteiger partial charge in [-0.3, -0.25) is 9.20 Å². The van der Waals surface area contributed by atoms with E-state index in [1.807, 2.05) is 9.30 Å². The fourth-order valence-electron chi connectivity index (χ4n) is 5.99. The number of rotatable bonds is 5. The fourth-order valence-corrected chi connectivity index (χ4v) is 5.99. The third-order valence-corrected chi connectivity index (χ3v) is 8.18. The highest BCUT2D eigenvalue weighted by Gasteiger charge is 2.38. The second kappa shape index (κ2) is 9.37. The molecule has 0 spiro atoms. The number of carbonyl (C=O) groups is 1. The number of alkyl halides is 2. The van der Waals surface area contributed by atoms with E-state index in [2.05, 4.69) is 4.98 Å². The van der Waals surface area contributed by atoms with Crippen LogP contribution in [0.5, 0.6) is 0 Å². The van der Waals surface area contributed by atoms with Crippen molar-refractivity contribution in [1.82, 2.24) is 19.3 Å². The molecule has 2 aliphatic rings. The van der Waals surface area contributed by atoms with E-state index in [0.29, 0.717) is 30.0 Å². The van der Waals surface area contributed by atoms with Crippen molar-refractivity contribution in [2.45, 2.75) is 56.6 Å². The summed E-state index contributed by atoms with van der Waals surface area (Å²) in [7, 11) is 0. The number of anilines is 1. The number of nitrogen functional groups attached to an aromatic ring is 1. The van der Waals surface area contributed by atoms with E-state index in [4.69, 9.17) is 10.7 Å². The van der Waals surface area contributed by atoms with Gasteiger partial charge in [0.05, 0.1) is 0 Å². The normalized spacial score (nSPS) is 21.0. The van der Waals surface area contributed by atoms with Gasteiger partial charge < -0.3 is 15.7 Å². The Morgan fingerprint density at radius 2 is 1.92 bits per heavy atom. The van der Waals surface area contributed by atoms with Crippen molar-refractivity contribution in [3.63, 3.8) is 0 Å². The second-order valence-electron chi connectivity index (χ2n) is 10.6. The Balaban J connectivity index is 1.40.